The standard InChI is InChI=1S/C13H12N2O3/c16-12(17)8-9-4-1-2-5-10(9)15-13(18)11-6-3-7-14-11/h1-7,14H,8H2,(H,15,18)(H,16,17). The molecule has 5 nitrogen and oxygen atoms in total. The molecule has 0 aliphatic carbocycles. The van der Waals surface area contributed by atoms with E-state index in [4.69, 9.17) is 5.11 Å². The zero-order chi connectivity index (χ0) is 13.0. The van der Waals surface area contributed by atoms with Gasteiger partial charge in [-0.2, -0.15) is 0 Å². The first-order valence-electron chi connectivity index (χ1n) is 5.41. The number of benzene rings is 1. The van der Waals surface area contributed by atoms with Crippen LogP contribution in [0, 0.1) is 0 Å². The quantitative estimate of drug-likeness (QED) is 0.768. The molecule has 0 radical (unpaired) electrons. The average Bonchev–Trinajstić information content (AvgIpc) is 2.84. The molecule has 0 aliphatic rings. The number of carboxylic acid groups (broad SMARTS) is 1. The van der Waals surface area contributed by atoms with Gasteiger partial charge in [0.15, 0.2) is 0 Å². The van der Waals surface area contributed by atoms with Gasteiger partial charge in [-0.3, -0.25) is 9.59 Å². The summed E-state index contributed by atoms with van der Waals surface area (Å²) in [6, 6.07) is 10.2. The minimum absolute atomic E-state index is 0.124. The molecule has 18 heavy (non-hydrogen) atoms. The summed E-state index contributed by atoms with van der Waals surface area (Å²) in [5.74, 6) is -1.23. The van der Waals surface area contributed by atoms with Gasteiger partial charge in [0.2, 0.25) is 0 Å². The lowest BCUT2D eigenvalue weighted by Crippen LogP contribution is -2.14. The van der Waals surface area contributed by atoms with Crippen LogP contribution in [-0.2, 0) is 11.2 Å². The van der Waals surface area contributed by atoms with Crippen LogP contribution in [-0.4, -0.2) is 22.0 Å². The Labute approximate surface area is 103 Å². The number of H-pyrrole nitrogens is 1. The summed E-state index contributed by atoms with van der Waals surface area (Å²) in [5.41, 5.74) is 1.52. The maximum Gasteiger partial charge on any atom is 0.307 e. The Balaban J connectivity index is 2.18. The molecule has 0 atom stereocenters. The fourth-order valence-corrected chi connectivity index (χ4v) is 1.62. The summed E-state index contributed by atoms with van der Waals surface area (Å²) in [4.78, 5) is 25.3. The summed E-state index contributed by atoms with van der Waals surface area (Å²) < 4.78 is 0. The fourth-order valence-electron chi connectivity index (χ4n) is 1.62. The maximum atomic E-state index is 11.8. The van der Waals surface area contributed by atoms with Gasteiger partial charge in [-0.15, -0.1) is 0 Å². The van der Waals surface area contributed by atoms with Crippen molar-refractivity contribution in [2.24, 2.45) is 0 Å². The Morgan fingerprint density at radius 2 is 1.94 bits per heavy atom. The highest BCUT2D eigenvalue weighted by molar-refractivity contribution is 6.03. The molecule has 1 aromatic heterocycles. The molecule has 0 aliphatic heterocycles. The van der Waals surface area contributed by atoms with Crippen molar-refractivity contribution in [3.63, 3.8) is 0 Å². The van der Waals surface area contributed by atoms with E-state index in [1.807, 2.05) is 0 Å². The van der Waals surface area contributed by atoms with Crippen molar-refractivity contribution in [2.45, 2.75) is 6.42 Å². The summed E-state index contributed by atoms with van der Waals surface area (Å²) >= 11 is 0. The molecule has 92 valence electrons. The molecule has 1 amide bonds. The zero-order valence-electron chi connectivity index (χ0n) is 9.51. The van der Waals surface area contributed by atoms with E-state index in [1.165, 1.54) is 0 Å². The van der Waals surface area contributed by atoms with E-state index in [9.17, 15) is 9.59 Å². The van der Waals surface area contributed by atoms with E-state index in [1.54, 1.807) is 42.6 Å². The average molecular weight is 244 g/mol. The lowest BCUT2D eigenvalue weighted by Gasteiger charge is -2.08. The number of hydrogen-bond donors (Lipinski definition) is 3. The first kappa shape index (κ1) is 11.9. The molecule has 0 saturated heterocycles. The van der Waals surface area contributed by atoms with E-state index in [2.05, 4.69) is 10.3 Å². The van der Waals surface area contributed by atoms with Crippen molar-refractivity contribution in [3.8, 4) is 0 Å². The number of carboxylic acids is 1. The van der Waals surface area contributed by atoms with E-state index < -0.39 is 5.97 Å². The van der Waals surface area contributed by atoms with Crippen molar-refractivity contribution in [3.05, 3.63) is 53.9 Å². The molecule has 1 heterocycles. The van der Waals surface area contributed by atoms with Crippen LogP contribution in [0.4, 0.5) is 5.69 Å². The highest BCUT2D eigenvalue weighted by Gasteiger charge is 2.10. The van der Waals surface area contributed by atoms with Gasteiger partial charge in [-0.05, 0) is 23.8 Å². The second kappa shape index (κ2) is 5.18. The van der Waals surface area contributed by atoms with E-state index in [0.29, 0.717) is 16.9 Å². The Morgan fingerprint density at radius 1 is 1.17 bits per heavy atom. The minimum atomic E-state index is -0.934. The number of aromatic nitrogens is 1. The summed E-state index contributed by atoms with van der Waals surface area (Å²) in [6.45, 7) is 0. The molecular weight excluding hydrogens is 232 g/mol. The van der Waals surface area contributed by atoms with Crippen molar-refractivity contribution in [1.82, 2.24) is 4.98 Å². The lowest BCUT2D eigenvalue weighted by atomic mass is 10.1. The zero-order valence-corrected chi connectivity index (χ0v) is 9.51. The van der Waals surface area contributed by atoms with Crippen molar-refractivity contribution in [2.75, 3.05) is 5.32 Å². The number of amides is 1. The smallest absolute Gasteiger partial charge is 0.307 e. The van der Waals surface area contributed by atoms with Gasteiger partial charge in [-0.25, -0.2) is 0 Å². The molecule has 0 bridgehead atoms. The van der Waals surface area contributed by atoms with Crippen LogP contribution in [0.2, 0.25) is 0 Å². The highest BCUT2D eigenvalue weighted by Crippen LogP contribution is 2.16. The van der Waals surface area contributed by atoms with Gasteiger partial charge in [0.1, 0.15) is 5.69 Å². The Hall–Kier alpha value is -2.56. The number of carbonyl (C=O) groups is 2. The fraction of sp³-hybridized carbons (Fsp3) is 0.0769. The molecule has 0 saturated carbocycles. The predicted molar refractivity (Wildman–Crippen MR) is 66.5 cm³/mol. The summed E-state index contributed by atoms with van der Waals surface area (Å²) in [7, 11) is 0. The number of para-hydroxylation sites is 1. The highest BCUT2D eigenvalue weighted by atomic mass is 16.4. The van der Waals surface area contributed by atoms with Crippen LogP contribution < -0.4 is 5.32 Å². The van der Waals surface area contributed by atoms with Gasteiger partial charge in [-0.1, -0.05) is 18.2 Å². The Bertz CT molecular complexity index is 561. The number of carbonyl (C=O) groups excluding carboxylic acids is 1. The number of anilines is 1. The maximum absolute atomic E-state index is 11.8. The Morgan fingerprint density at radius 3 is 2.61 bits per heavy atom. The van der Waals surface area contributed by atoms with Crippen LogP contribution >= 0.6 is 0 Å². The second-order valence-electron chi connectivity index (χ2n) is 3.77. The number of nitrogens with one attached hydrogen (secondary N) is 2. The van der Waals surface area contributed by atoms with Crippen molar-refractivity contribution < 1.29 is 14.7 Å². The van der Waals surface area contributed by atoms with Gasteiger partial charge in [0.05, 0.1) is 6.42 Å². The Kier molecular flexibility index (Phi) is 3.43. The van der Waals surface area contributed by atoms with Gasteiger partial charge < -0.3 is 15.4 Å². The molecule has 5 heteroatoms. The topological polar surface area (TPSA) is 82.2 Å². The van der Waals surface area contributed by atoms with E-state index in [-0.39, 0.29) is 12.3 Å². The molecule has 0 unspecified atom stereocenters. The SMILES string of the molecule is O=C(O)Cc1ccccc1NC(=O)c1ccc[nH]1. The van der Waals surface area contributed by atoms with Gasteiger partial charge in [0, 0.05) is 11.9 Å². The van der Waals surface area contributed by atoms with Crippen LogP contribution in [0.15, 0.2) is 42.6 Å². The lowest BCUT2D eigenvalue weighted by molar-refractivity contribution is -0.136. The van der Waals surface area contributed by atoms with Crippen molar-refractivity contribution >= 4 is 17.6 Å². The third-order valence-electron chi connectivity index (χ3n) is 2.45. The van der Waals surface area contributed by atoms with Gasteiger partial charge >= 0.3 is 5.97 Å². The number of aromatic amines is 1. The summed E-state index contributed by atoms with van der Waals surface area (Å²) in [6.07, 6.45) is 1.53. The van der Waals surface area contributed by atoms with Crippen LogP contribution in [0.25, 0.3) is 0 Å². The molecule has 1 aromatic carbocycles. The van der Waals surface area contributed by atoms with Gasteiger partial charge in [0.25, 0.3) is 5.91 Å². The molecule has 2 aromatic rings. The van der Waals surface area contributed by atoms with Crippen LogP contribution in [0.3, 0.4) is 0 Å². The minimum Gasteiger partial charge on any atom is -0.481 e. The second-order valence-corrected chi connectivity index (χ2v) is 3.77. The normalized spacial score (nSPS) is 10.0. The largest absolute Gasteiger partial charge is 0.481 e. The number of hydrogen-bond acceptors (Lipinski definition) is 2. The van der Waals surface area contributed by atoms with Crippen LogP contribution in [0.5, 0.6) is 0 Å². The molecule has 3 N–H and O–H groups in total. The number of aliphatic carboxylic acids is 1. The molecule has 2 rings (SSSR count). The molecular formula is C13H12N2O3. The summed E-state index contributed by atoms with van der Waals surface area (Å²) in [5, 5.41) is 11.5. The number of rotatable bonds is 4. The van der Waals surface area contributed by atoms with Crippen molar-refractivity contribution in [1.29, 1.82) is 0 Å². The monoisotopic (exact) mass is 244 g/mol. The van der Waals surface area contributed by atoms with E-state index in [0.717, 1.165) is 0 Å². The third-order valence-corrected chi connectivity index (χ3v) is 2.45. The van der Waals surface area contributed by atoms with E-state index >= 15 is 0 Å². The first-order chi connectivity index (χ1) is 8.66. The van der Waals surface area contributed by atoms with Crippen LogP contribution in [0.1, 0.15) is 16.1 Å². The predicted octanol–water partition coefficient (Wildman–Crippen LogP) is 1.89. The molecule has 0 fully saturated rings. The third kappa shape index (κ3) is 2.76. The first-order valence-corrected chi connectivity index (χ1v) is 5.41. The molecule has 0 spiro atoms.